The van der Waals surface area contributed by atoms with E-state index < -0.39 is 25.9 Å². The summed E-state index contributed by atoms with van der Waals surface area (Å²) in [6.07, 6.45) is 0.924. The Morgan fingerprint density at radius 3 is 2.39 bits per heavy atom. The summed E-state index contributed by atoms with van der Waals surface area (Å²) < 4.78 is 68.9. The number of methoxy groups -OCH3 is 2. The predicted octanol–water partition coefficient (Wildman–Crippen LogP) is 0.912. The number of sulfonamides is 1. The van der Waals surface area contributed by atoms with Crippen molar-refractivity contribution in [3.63, 3.8) is 0 Å². The minimum Gasteiger partial charge on any atom is -0.493 e. The predicted molar refractivity (Wildman–Crippen MR) is 117 cm³/mol. The highest BCUT2D eigenvalue weighted by Gasteiger charge is 2.39. The number of sulfone groups is 1. The monoisotopic (exact) mass is 476 g/mol. The van der Waals surface area contributed by atoms with Crippen LogP contribution in [0, 0.1) is 6.92 Å². The summed E-state index contributed by atoms with van der Waals surface area (Å²) in [5.41, 5.74) is 0.525. The molecule has 0 bridgehead atoms. The van der Waals surface area contributed by atoms with E-state index in [1.807, 2.05) is 0 Å². The first-order valence-electron chi connectivity index (χ1n) is 10.4. The Morgan fingerprint density at radius 2 is 1.81 bits per heavy atom. The third-order valence-electron chi connectivity index (χ3n) is 5.84. The van der Waals surface area contributed by atoms with E-state index in [-0.39, 0.29) is 22.9 Å². The number of rotatable bonds is 9. The lowest BCUT2D eigenvalue weighted by Gasteiger charge is -2.30. The first-order valence-corrected chi connectivity index (χ1v) is 13.7. The van der Waals surface area contributed by atoms with Gasteiger partial charge in [-0.15, -0.1) is 0 Å². The van der Waals surface area contributed by atoms with Crippen LogP contribution in [0.25, 0.3) is 0 Å². The Bertz CT molecular complexity index is 973. The standard InChI is InChI=1S/C20H32N2O7S2/c1-16-13-18(27-2)19(28-3)14-20(16)31(25,26)22(17-5-12-30(23,24)15-17)7-4-6-21-8-10-29-11-9-21/h13-14,17H,4-12,15H2,1-3H3. The van der Waals surface area contributed by atoms with Gasteiger partial charge in [-0.2, -0.15) is 4.31 Å². The average molecular weight is 477 g/mol. The molecular weight excluding hydrogens is 444 g/mol. The van der Waals surface area contributed by atoms with Crippen LogP contribution in [0.4, 0.5) is 0 Å². The maximum atomic E-state index is 13.7. The molecule has 9 nitrogen and oxygen atoms in total. The Balaban J connectivity index is 1.88. The first-order chi connectivity index (χ1) is 14.7. The zero-order chi connectivity index (χ0) is 22.6. The van der Waals surface area contributed by atoms with Crippen LogP contribution in [0.15, 0.2) is 17.0 Å². The lowest BCUT2D eigenvalue weighted by Crippen LogP contribution is -2.43. The third-order valence-corrected chi connectivity index (χ3v) is 9.68. The highest BCUT2D eigenvalue weighted by molar-refractivity contribution is 7.92. The molecule has 11 heteroatoms. The van der Waals surface area contributed by atoms with Crippen molar-refractivity contribution in [1.82, 2.24) is 9.21 Å². The molecule has 0 amide bonds. The van der Waals surface area contributed by atoms with Crippen molar-refractivity contribution < 1.29 is 31.0 Å². The van der Waals surface area contributed by atoms with Crippen molar-refractivity contribution in [2.24, 2.45) is 0 Å². The van der Waals surface area contributed by atoms with Crippen LogP contribution < -0.4 is 9.47 Å². The van der Waals surface area contributed by atoms with Crippen LogP contribution in [0.2, 0.25) is 0 Å². The quantitative estimate of drug-likeness (QED) is 0.518. The Labute approximate surface area is 185 Å². The van der Waals surface area contributed by atoms with Crippen LogP contribution in [-0.2, 0) is 24.6 Å². The maximum absolute atomic E-state index is 13.7. The molecule has 1 aromatic rings. The fourth-order valence-electron chi connectivity index (χ4n) is 4.14. The Morgan fingerprint density at radius 1 is 1.16 bits per heavy atom. The molecule has 2 aliphatic heterocycles. The number of aryl methyl sites for hydroxylation is 1. The molecule has 0 aromatic heterocycles. The Hall–Kier alpha value is -1.40. The van der Waals surface area contributed by atoms with Crippen molar-refractivity contribution in [2.45, 2.75) is 30.7 Å². The van der Waals surface area contributed by atoms with Gasteiger partial charge in [0.15, 0.2) is 21.3 Å². The zero-order valence-electron chi connectivity index (χ0n) is 18.4. The summed E-state index contributed by atoms with van der Waals surface area (Å²) >= 11 is 0. The van der Waals surface area contributed by atoms with Gasteiger partial charge in [-0.25, -0.2) is 16.8 Å². The van der Waals surface area contributed by atoms with Crippen LogP contribution in [0.3, 0.4) is 0 Å². The molecule has 2 heterocycles. The van der Waals surface area contributed by atoms with Gasteiger partial charge in [0.25, 0.3) is 0 Å². The van der Waals surface area contributed by atoms with Crippen molar-refractivity contribution in [2.75, 3.05) is 65.1 Å². The molecule has 176 valence electrons. The minimum atomic E-state index is -3.94. The second-order valence-electron chi connectivity index (χ2n) is 7.95. The lowest BCUT2D eigenvalue weighted by molar-refractivity contribution is 0.0367. The summed E-state index contributed by atoms with van der Waals surface area (Å²) in [6.45, 7) is 5.68. The molecule has 0 spiro atoms. The van der Waals surface area contributed by atoms with E-state index in [2.05, 4.69) is 4.90 Å². The van der Waals surface area contributed by atoms with E-state index >= 15 is 0 Å². The molecule has 2 aliphatic rings. The van der Waals surface area contributed by atoms with Crippen molar-refractivity contribution in [3.05, 3.63) is 17.7 Å². The van der Waals surface area contributed by atoms with Gasteiger partial charge in [-0.05, 0) is 37.9 Å². The molecule has 2 fully saturated rings. The molecule has 2 saturated heterocycles. The van der Waals surface area contributed by atoms with Gasteiger partial charge in [-0.1, -0.05) is 0 Å². The van der Waals surface area contributed by atoms with E-state index in [4.69, 9.17) is 14.2 Å². The number of hydrogen-bond acceptors (Lipinski definition) is 8. The first kappa shape index (κ1) is 24.2. The van der Waals surface area contributed by atoms with Crippen LogP contribution in [0.5, 0.6) is 11.5 Å². The van der Waals surface area contributed by atoms with E-state index in [0.717, 1.165) is 19.6 Å². The van der Waals surface area contributed by atoms with Gasteiger partial charge in [0, 0.05) is 31.7 Å². The molecule has 0 N–H and O–H groups in total. The van der Waals surface area contributed by atoms with E-state index in [9.17, 15) is 16.8 Å². The maximum Gasteiger partial charge on any atom is 0.243 e. The van der Waals surface area contributed by atoms with Crippen LogP contribution in [0.1, 0.15) is 18.4 Å². The highest BCUT2D eigenvalue weighted by Crippen LogP contribution is 2.35. The fraction of sp³-hybridized carbons (Fsp3) is 0.700. The van der Waals surface area contributed by atoms with Crippen molar-refractivity contribution >= 4 is 19.9 Å². The lowest BCUT2D eigenvalue weighted by atomic mass is 10.2. The number of ether oxygens (including phenoxy) is 3. The second kappa shape index (κ2) is 10.0. The van der Waals surface area contributed by atoms with Crippen LogP contribution in [-0.4, -0.2) is 97.2 Å². The van der Waals surface area contributed by atoms with Crippen molar-refractivity contribution in [1.29, 1.82) is 0 Å². The van der Waals surface area contributed by atoms with Gasteiger partial charge >= 0.3 is 0 Å². The SMILES string of the molecule is COc1cc(C)c(S(=O)(=O)N(CCCN2CCOCC2)C2CCS(=O)(=O)C2)cc1OC. The van der Waals surface area contributed by atoms with E-state index in [1.165, 1.54) is 24.6 Å². The number of morpholine rings is 1. The van der Waals surface area contributed by atoms with Gasteiger partial charge < -0.3 is 14.2 Å². The van der Waals surface area contributed by atoms with Crippen molar-refractivity contribution in [3.8, 4) is 11.5 Å². The normalized spacial score (nSPS) is 22.0. The molecule has 0 saturated carbocycles. The fourth-order valence-corrected chi connectivity index (χ4v) is 7.88. The minimum absolute atomic E-state index is 0.0120. The van der Waals surface area contributed by atoms with Gasteiger partial charge in [0.2, 0.25) is 10.0 Å². The smallest absolute Gasteiger partial charge is 0.243 e. The largest absolute Gasteiger partial charge is 0.493 e. The summed E-state index contributed by atoms with van der Waals surface area (Å²) in [7, 11) is -4.23. The van der Waals surface area contributed by atoms with E-state index in [1.54, 1.807) is 13.0 Å². The molecule has 3 rings (SSSR count). The molecule has 31 heavy (non-hydrogen) atoms. The second-order valence-corrected chi connectivity index (χ2v) is 12.0. The summed E-state index contributed by atoms with van der Waals surface area (Å²) in [5, 5.41) is 0. The molecule has 1 aromatic carbocycles. The van der Waals surface area contributed by atoms with E-state index in [0.29, 0.717) is 43.1 Å². The molecule has 1 unspecified atom stereocenters. The molecule has 0 radical (unpaired) electrons. The number of hydrogen-bond donors (Lipinski definition) is 0. The van der Waals surface area contributed by atoms with Gasteiger partial charge in [0.05, 0.1) is 43.8 Å². The van der Waals surface area contributed by atoms with Crippen LogP contribution >= 0.6 is 0 Å². The summed E-state index contributed by atoms with van der Waals surface area (Å²) in [5.74, 6) is 0.633. The summed E-state index contributed by atoms with van der Waals surface area (Å²) in [4.78, 5) is 2.35. The molecule has 0 aliphatic carbocycles. The number of benzene rings is 1. The molecular formula is C20H32N2O7S2. The topological polar surface area (TPSA) is 102 Å². The van der Waals surface area contributed by atoms with Gasteiger partial charge in [0.1, 0.15) is 0 Å². The zero-order valence-corrected chi connectivity index (χ0v) is 20.0. The Kier molecular flexibility index (Phi) is 7.85. The molecule has 1 atom stereocenters. The highest BCUT2D eigenvalue weighted by atomic mass is 32.2. The summed E-state index contributed by atoms with van der Waals surface area (Å²) in [6, 6.07) is 2.53. The van der Waals surface area contributed by atoms with Gasteiger partial charge in [-0.3, -0.25) is 4.90 Å². The third kappa shape index (κ3) is 5.70. The number of nitrogens with zero attached hydrogens (tertiary/aromatic N) is 2. The average Bonchev–Trinajstić information content (AvgIpc) is 3.10.